The van der Waals surface area contributed by atoms with Crippen molar-refractivity contribution in [2.24, 2.45) is 0 Å². The van der Waals surface area contributed by atoms with Crippen molar-refractivity contribution in [3.63, 3.8) is 0 Å². The molecule has 1 N–H and O–H groups in total. The van der Waals surface area contributed by atoms with E-state index in [4.69, 9.17) is 9.47 Å². The van der Waals surface area contributed by atoms with Crippen LogP contribution in [0.3, 0.4) is 0 Å². The number of hydrogen-bond acceptors (Lipinski definition) is 3. The summed E-state index contributed by atoms with van der Waals surface area (Å²) < 4.78 is 10.6. The Kier molecular flexibility index (Phi) is 4.82. The highest BCUT2D eigenvalue weighted by atomic mass is 16.5. The van der Waals surface area contributed by atoms with Gasteiger partial charge in [0.1, 0.15) is 11.5 Å². The molecule has 0 bridgehead atoms. The highest BCUT2D eigenvalue weighted by Crippen LogP contribution is 2.19. The summed E-state index contributed by atoms with van der Waals surface area (Å²) >= 11 is 0. The molecule has 0 spiro atoms. The number of carbonyl (C=O) groups is 1. The number of hydrogen-bond donors (Lipinski definition) is 1. The van der Waals surface area contributed by atoms with Gasteiger partial charge in [-0.25, -0.2) is 4.79 Å². The van der Waals surface area contributed by atoms with E-state index in [2.05, 4.69) is 0 Å². The molecule has 0 aliphatic rings. The number of ether oxygens (including phenoxy) is 2. The van der Waals surface area contributed by atoms with Crippen LogP contribution in [-0.2, 0) is 11.2 Å². The molecule has 4 nitrogen and oxygen atoms in total. The van der Waals surface area contributed by atoms with E-state index in [1.54, 1.807) is 31.4 Å². The Hall–Kier alpha value is -2.49. The first kappa shape index (κ1) is 14.9. The van der Waals surface area contributed by atoms with Crippen LogP contribution in [0.2, 0.25) is 0 Å². The summed E-state index contributed by atoms with van der Waals surface area (Å²) in [6.07, 6.45) is -0.594. The number of methoxy groups -OCH3 is 1. The van der Waals surface area contributed by atoms with E-state index >= 15 is 0 Å². The molecule has 0 amide bonds. The molecule has 1 atom stereocenters. The van der Waals surface area contributed by atoms with Gasteiger partial charge in [0.15, 0.2) is 6.10 Å². The average molecular weight is 286 g/mol. The van der Waals surface area contributed by atoms with Crippen LogP contribution >= 0.6 is 0 Å². The van der Waals surface area contributed by atoms with Crippen molar-refractivity contribution in [2.75, 3.05) is 7.11 Å². The Morgan fingerprint density at radius 3 is 2.38 bits per heavy atom. The van der Waals surface area contributed by atoms with E-state index in [0.29, 0.717) is 17.9 Å². The molecule has 0 radical (unpaired) electrons. The van der Waals surface area contributed by atoms with Crippen molar-refractivity contribution < 1.29 is 19.4 Å². The highest BCUT2D eigenvalue weighted by Gasteiger charge is 2.20. The quantitative estimate of drug-likeness (QED) is 0.886. The monoisotopic (exact) mass is 286 g/mol. The molecule has 0 unspecified atom stereocenters. The summed E-state index contributed by atoms with van der Waals surface area (Å²) in [4.78, 5) is 11.4. The minimum atomic E-state index is -0.979. The van der Waals surface area contributed by atoms with Gasteiger partial charge in [0.2, 0.25) is 0 Å². The number of carboxylic acids is 1. The Balaban J connectivity index is 2.10. The van der Waals surface area contributed by atoms with Crippen molar-refractivity contribution >= 4 is 5.97 Å². The van der Waals surface area contributed by atoms with Gasteiger partial charge in [0.25, 0.3) is 0 Å². The zero-order valence-electron chi connectivity index (χ0n) is 12.1. The van der Waals surface area contributed by atoms with Gasteiger partial charge in [-0.15, -0.1) is 0 Å². The van der Waals surface area contributed by atoms with E-state index in [9.17, 15) is 9.90 Å². The van der Waals surface area contributed by atoms with Crippen LogP contribution < -0.4 is 9.47 Å². The van der Waals surface area contributed by atoms with Crippen LogP contribution in [0.1, 0.15) is 11.1 Å². The second-order valence-corrected chi connectivity index (χ2v) is 4.81. The third-order valence-electron chi connectivity index (χ3n) is 3.12. The minimum Gasteiger partial charge on any atom is -0.497 e. The summed E-state index contributed by atoms with van der Waals surface area (Å²) in [6.45, 7) is 1.98. The molecule has 4 heteroatoms. The average Bonchev–Trinajstić information content (AvgIpc) is 2.47. The Morgan fingerprint density at radius 2 is 1.81 bits per heavy atom. The molecule has 0 aromatic heterocycles. The predicted molar refractivity (Wildman–Crippen MR) is 79.9 cm³/mol. The van der Waals surface area contributed by atoms with Gasteiger partial charge < -0.3 is 14.6 Å². The second-order valence-electron chi connectivity index (χ2n) is 4.81. The van der Waals surface area contributed by atoms with Crippen LogP contribution in [-0.4, -0.2) is 24.3 Å². The fourth-order valence-corrected chi connectivity index (χ4v) is 2.05. The summed E-state index contributed by atoms with van der Waals surface area (Å²) in [6, 6.07) is 14.6. The summed E-state index contributed by atoms with van der Waals surface area (Å²) in [5, 5.41) is 9.32. The third kappa shape index (κ3) is 4.24. The summed E-state index contributed by atoms with van der Waals surface area (Å²) in [7, 11) is 1.58. The molecule has 2 aromatic rings. The fourth-order valence-electron chi connectivity index (χ4n) is 2.05. The van der Waals surface area contributed by atoms with Crippen LogP contribution in [0.4, 0.5) is 0 Å². The Morgan fingerprint density at radius 1 is 1.14 bits per heavy atom. The fraction of sp³-hybridized carbons (Fsp3) is 0.235. The van der Waals surface area contributed by atoms with Crippen molar-refractivity contribution in [2.45, 2.75) is 19.4 Å². The van der Waals surface area contributed by atoms with E-state index in [-0.39, 0.29) is 0 Å². The smallest absolute Gasteiger partial charge is 0.345 e. The van der Waals surface area contributed by atoms with Gasteiger partial charge in [0, 0.05) is 6.42 Å². The van der Waals surface area contributed by atoms with Crippen LogP contribution in [0, 0.1) is 6.92 Å². The van der Waals surface area contributed by atoms with Crippen molar-refractivity contribution in [3.05, 3.63) is 59.7 Å². The first-order valence-corrected chi connectivity index (χ1v) is 6.67. The molecule has 0 aliphatic carbocycles. The molecule has 0 heterocycles. The number of carboxylic acid groups (broad SMARTS) is 1. The van der Waals surface area contributed by atoms with Gasteiger partial charge in [-0.3, -0.25) is 0 Å². The first-order valence-electron chi connectivity index (χ1n) is 6.67. The lowest BCUT2D eigenvalue weighted by molar-refractivity contribution is -0.145. The standard InChI is InChI=1S/C17H18O4/c1-12-4-3-5-13(10-12)11-16(17(18)19)21-15-8-6-14(20-2)7-9-15/h3-10,16H,11H2,1-2H3,(H,18,19)/t16-/m0/s1. The van der Waals surface area contributed by atoms with Gasteiger partial charge in [-0.1, -0.05) is 29.8 Å². The zero-order valence-corrected chi connectivity index (χ0v) is 12.1. The molecular weight excluding hydrogens is 268 g/mol. The molecule has 110 valence electrons. The first-order chi connectivity index (χ1) is 10.1. The second kappa shape index (κ2) is 6.79. The van der Waals surface area contributed by atoms with Crippen molar-refractivity contribution in [1.82, 2.24) is 0 Å². The maximum atomic E-state index is 11.4. The van der Waals surface area contributed by atoms with E-state index in [0.717, 1.165) is 11.1 Å². The number of benzene rings is 2. The molecule has 2 aromatic carbocycles. The SMILES string of the molecule is COc1ccc(O[C@@H](Cc2cccc(C)c2)C(=O)O)cc1. The minimum absolute atomic E-state index is 0.322. The maximum absolute atomic E-state index is 11.4. The van der Waals surface area contributed by atoms with Crippen LogP contribution in [0.15, 0.2) is 48.5 Å². The lowest BCUT2D eigenvalue weighted by Crippen LogP contribution is -2.29. The number of rotatable bonds is 6. The van der Waals surface area contributed by atoms with Gasteiger partial charge >= 0.3 is 5.97 Å². The van der Waals surface area contributed by atoms with Crippen molar-refractivity contribution in [1.29, 1.82) is 0 Å². The van der Waals surface area contributed by atoms with Gasteiger partial charge in [0.05, 0.1) is 7.11 Å². The largest absolute Gasteiger partial charge is 0.497 e. The Labute approximate surface area is 123 Å². The summed E-state index contributed by atoms with van der Waals surface area (Å²) in [5.41, 5.74) is 2.04. The number of aliphatic carboxylic acids is 1. The highest BCUT2D eigenvalue weighted by molar-refractivity contribution is 5.73. The molecule has 2 rings (SSSR count). The van der Waals surface area contributed by atoms with E-state index in [1.165, 1.54) is 0 Å². The van der Waals surface area contributed by atoms with Crippen LogP contribution in [0.5, 0.6) is 11.5 Å². The summed E-state index contributed by atoms with van der Waals surface area (Å²) in [5.74, 6) is 0.232. The molecule has 0 aliphatic heterocycles. The predicted octanol–water partition coefficient (Wildman–Crippen LogP) is 3.08. The lowest BCUT2D eigenvalue weighted by Gasteiger charge is -2.15. The lowest BCUT2D eigenvalue weighted by atomic mass is 10.1. The zero-order chi connectivity index (χ0) is 15.2. The number of aryl methyl sites for hydroxylation is 1. The molecule has 0 saturated carbocycles. The maximum Gasteiger partial charge on any atom is 0.345 e. The molecule has 0 saturated heterocycles. The molecule has 21 heavy (non-hydrogen) atoms. The normalized spacial score (nSPS) is 11.7. The molecular formula is C17H18O4. The van der Waals surface area contributed by atoms with Crippen molar-refractivity contribution in [3.8, 4) is 11.5 Å². The van der Waals surface area contributed by atoms with E-state index in [1.807, 2.05) is 31.2 Å². The van der Waals surface area contributed by atoms with Crippen LogP contribution in [0.25, 0.3) is 0 Å². The third-order valence-corrected chi connectivity index (χ3v) is 3.12. The molecule has 0 fully saturated rings. The van der Waals surface area contributed by atoms with E-state index < -0.39 is 12.1 Å². The Bertz CT molecular complexity index is 604. The topological polar surface area (TPSA) is 55.8 Å². The van der Waals surface area contributed by atoms with Gasteiger partial charge in [-0.05, 0) is 36.8 Å². The van der Waals surface area contributed by atoms with Gasteiger partial charge in [-0.2, -0.15) is 0 Å².